The van der Waals surface area contributed by atoms with E-state index in [0.717, 1.165) is 25.9 Å². The van der Waals surface area contributed by atoms with Crippen LogP contribution in [0.3, 0.4) is 0 Å². The predicted octanol–water partition coefficient (Wildman–Crippen LogP) is 2.60. The normalized spacial score (nSPS) is 22.0. The van der Waals surface area contributed by atoms with Crippen molar-refractivity contribution < 1.29 is 13.6 Å². The van der Waals surface area contributed by atoms with Gasteiger partial charge in [-0.25, -0.2) is 8.78 Å². The fourth-order valence-corrected chi connectivity index (χ4v) is 2.70. The van der Waals surface area contributed by atoms with Gasteiger partial charge in [-0.3, -0.25) is 4.79 Å². The minimum absolute atomic E-state index is 0.0233. The summed E-state index contributed by atoms with van der Waals surface area (Å²) in [6, 6.07) is 3.73. The molecule has 4 rings (SSSR count). The molecule has 0 unspecified atom stereocenters. The summed E-state index contributed by atoms with van der Waals surface area (Å²) in [6.45, 7) is 1.61. The lowest BCUT2D eigenvalue weighted by molar-refractivity contribution is -0.125. The number of nitrogens with zero attached hydrogens (tertiary/aromatic N) is 1. The topological polar surface area (TPSA) is 20.3 Å². The van der Waals surface area contributed by atoms with E-state index in [1.54, 1.807) is 0 Å². The summed E-state index contributed by atoms with van der Waals surface area (Å²) in [6.07, 6.45) is 3.07. The van der Waals surface area contributed by atoms with Gasteiger partial charge >= 0.3 is 0 Å². The van der Waals surface area contributed by atoms with Gasteiger partial charge in [-0.05, 0) is 31.1 Å². The van der Waals surface area contributed by atoms with Gasteiger partial charge in [0, 0.05) is 24.6 Å². The molecule has 3 heterocycles. The molecule has 3 saturated heterocycles. The Hall–Kier alpha value is -1.71. The van der Waals surface area contributed by atoms with Crippen molar-refractivity contribution in [2.75, 3.05) is 13.1 Å². The number of carbonyl (C=O) groups is 1. The molecule has 3 fully saturated rings. The zero-order valence-corrected chi connectivity index (χ0v) is 9.83. The lowest BCUT2D eigenvalue weighted by atomic mass is 9.84. The van der Waals surface area contributed by atoms with Gasteiger partial charge in [-0.2, -0.15) is 0 Å². The van der Waals surface area contributed by atoms with Crippen molar-refractivity contribution in [1.29, 1.82) is 0 Å². The molecule has 4 heteroatoms. The van der Waals surface area contributed by atoms with Crippen molar-refractivity contribution in [3.05, 3.63) is 41.1 Å². The van der Waals surface area contributed by atoms with Crippen LogP contribution in [-0.4, -0.2) is 23.8 Å². The molecule has 1 aromatic carbocycles. The van der Waals surface area contributed by atoms with Gasteiger partial charge in [0.2, 0.25) is 0 Å². The van der Waals surface area contributed by atoms with E-state index in [4.69, 9.17) is 0 Å². The number of rotatable bonds is 1. The number of hydrogen-bond donors (Lipinski definition) is 0. The molecular formula is C14H13F2NO. The molecule has 0 aliphatic carbocycles. The Labute approximate surface area is 104 Å². The Morgan fingerprint density at radius 2 is 1.78 bits per heavy atom. The van der Waals surface area contributed by atoms with Crippen LogP contribution < -0.4 is 0 Å². The highest BCUT2D eigenvalue weighted by Crippen LogP contribution is 2.33. The van der Waals surface area contributed by atoms with Gasteiger partial charge in [0.1, 0.15) is 11.6 Å². The summed E-state index contributed by atoms with van der Waals surface area (Å²) >= 11 is 0. The number of fused-ring (bicyclic) bond motifs is 3. The molecule has 0 atom stereocenters. The Balaban J connectivity index is 2.04. The van der Waals surface area contributed by atoms with E-state index in [1.807, 2.05) is 4.90 Å². The van der Waals surface area contributed by atoms with Gasteiger partial charge in [0.25, 0.3) is 0 Å². The molecule has 0 radical (unpaired) electrons. The van der Waals surface area contributed by atoms with Crippen molar-refractivity contribution in [2.45, 2.75) is 12.8 Å². The molecule has 2 bridgehead atoms. The van der Waals surface area contributed by atoms with E-state index in [9.17, 15) is 13.6 Å². The number of allylic oxidation sites excluding steroid dienone is 1. The maximum Gasteiger partial charge on any atom is 0.182 e. The molecule has 0 N–H and O–H groups in total. The highest BCUT2D eigenvalue weighted by molar-refractivity contribution is 6.01. The number of hydrogen-bond acceptors (Lipinski definition) is 2. The molecule has 3 aliphatic heterocycles. The van der Waals surface area contributed by atoms with Gasteiger partial charge in [-0.15, -0.1) is 0 Å². The van der Waals surface area contributed by atoms with Crippen LogP contribution in [0.5, 0.6) is 0 Å². The van der Waals surface area contributed by atoms with Gasteiger partial charge in [-0.1, -0.05) is 6.07 Å². The second-order valence-corrected chi connectivity index (χ2v) is 4.79. The van der Waals surface area contributed by atoms with Crippen molar-refractivity contribution >= 4 is 11.9 Å². The van der Waals surface area contributed by atoms with E-state index in [-0.39, 0.29) is 17.3 Å². The summed E-state index contributed by atoms with van der Waals surface area (Å²) in [4.78, 5) is 14.0. The number of carbonyl (C=O) groups excluding carboxylic acids is 1. The molecule has 0 aromatic heterocycles. The predicted molar refractivity (Wildman–Crippen MR) is 63.6 cm³/mol. The van der Waals surface area contributed by atoms with Crippen LogP contribution in [-0.2, 0) is 4.79 Å². The number of Topliss-reactive ketones (excluding diaryl/α,β-unsaturated/α-hetero) is 1. The monoisotopic (exact) mass is 249 g/mol. The van der Waals surface area contributed by atoms with Crippen LogP contribution in [0.1, 0.15) is 18.4 Å². The van der Waals surface area contributed by atoms with E-state index in [2.05, 4.69) is 0 Å². The first-order chi connectivity index (χ1) is 8.66. The molecule has 0 saturated carbocycles. The molecule has 3 aliphatic rings. The van der Waals surface area contributed by atoms with Crippen molar-refractivity contribution in [1.82, 2.24) is 4.90 Å². The maximum atomic E-state index is 13.6. The summed E-state index contributed by atoms with van der Waals surface area (Å²) in [5.41, 5.74) is 0.343. The van der Waals surface area contributed by atoms with Crippen molar-refractivity contribution in [3.63, 3.8) is 0 Å². The fourth-order valence-electron chi connectivity index (χ4n) is 2.70. The zero-order chi connectivity index (χ0) is 12.7. The summed E-state index contributed by atoms with van der Waals surface area (Å²) < 4.78 is 27.1. The van der Waals surface area contributed by atoms with Crippen LogP contribution in [0.15, 0.2) is 23.9 Å². The van der Waals surface area contributed by atoms with Crippen molar-refractivity contribution in [2.24, 2.45) is 5.92 Å². The molecule has 2 nitrogen and oxygen atoms in total. The Kier molecular flexibility index (Phi) is 2.65. The minimum atomic E-state index is -0.627. The fraction of sp³-hybridized carbons (Fsp3) is 0.357. The maximum absolute atomic E-state index is 13.6. The second-order valence-electron chi connectivity index (χ2n) is 4.79. The van der Waals surface area contributed by atoms with E-state index >= 15 is 0 Å². The summed E-state index contributed by atoms with van der Waals surface area (Å²) in [5.74, 6) is -1.19. The van der Waals surface area contributed by atoms with Crippen LogP contribution in [0.2, 0.25) is 0 Å². The Morgan fingerprint density at radius 1 is 1.17 bits per heavy atom. The first-order valence-corrected chi connectivity index (χ1v) is 6.11. The molecule has 94 valence electrons. The molecule has 1 aromatic rings. The average Bonchev–Trinajstić information content (AvgIpc) is 2.37. The van der Waals surface area contributed by atoms with Crippen LogP contribution >= 0.6 is 0 Å². The number of piperidine rings is 3. The Morgan fingerprint density at radius 3 is 2.33 bits per heavy atom. The van der Waals surface area contributed by atoms with Crippen LogP contribution in [0, 0.1) is 17.6 Å². The number of ketones is 1. The standard InChI is InChI=1S/C14H13F2NO/c15-11-2-1-3-12(16)10(11)8-13-14(18)9-4-6-17(13)7-5-9/h1-3,8-9H,4-7H2/b13-8-. The smallest absolute Gasteiger partial charge is 0.182 e. The second kappa shape index (κ2) is 4.19. The quantitative estimate of drug-likeness (QED) is 0.713. The van der Waals surface area contributed by atoms with E-state index in [0.29, 0.717) is 5.70 Å². The Bertz CT molecular complexity index is 510. The van der Waals surface area contributed by atoms with Crippen molar-refractivity contribution in [3.8, 4) is 0 Å². The lowest BCUT2D eigenvalue weighted by Crippen LogP contribution is -2.45. The third-order valence-corrected chi connectivity index (χ3v) is 3.74. The van der Waals surface area contributed by atoms with Crippen LogP contribution in [0.25, 0.3) is 6.08 Å². The lowest BCUT2D eigenvalue weighted by Gasteiger charge is -2.41. The third-order valence-electron chi connectivity index (χ3n) is 3.74. The third kappa shape index (κ3) is 1.72. The van der Waals surface area contributed by atoms with Gasteiger partial charge in [0.05, 0.1) is 5.70 Å². The zero-order valence-electron chi connectivity index (χ0n) is 9.83. The number of halogens is 2. The van der Waals surface area contributed by atoms with E-state index < -0.39 is 11.6 Å². The van der Waals surface area contributed by atoms with E-state index in [1.165, 1.54) is 24.3 Å². The van der Waals surface area contributed by atoms with Crippen LogP contribution in [0.4, 0.5) is 8.78 Å². The molecular weight excluding hydrogens is 236 g/mol. The first-order valence-electron chi connectivity index (χ1n) is 6.11. The highest BCUT2D eigenvalue weighted by atomic mass is 19.1. The average molecular weight is 249 g/mol. The SMILES string of the molecule is O=C1/C(=C/c2c(F)cccc2F)N2CCC1CC2. The minimum Gasteiger partial charge on any atom is -0.369 e. The molecule has 18 heavy (non-hydrogen) atoms. The van der Waals surface area contributed by atoms with Gasteiger partial charge in [0.15, 0.2) is 5.78 Å². The largest absolute Gasteiger partial charge is 0.369 e. The summed E-state index contributed by atoms with van der Waals surface area (Å²) in [5, 5.41) is 0. The summed E-state index contributed by atoms with van der Waals surface area (Å²) in [7, 11) is 0. The highest BCUT2D eigenvalue weighted by Gasteiger charge is 2.36. The number of benzene rings is 1. The van der Waals surface area contributed by atoms with Gasteiger partial charge < -0.3 is 4.90 Å². The molecule has 0 amide bonds. The first kappa shape index (κ1) is 11.4. The molecule has 0 spiro atoms.